The lowest BCUT2D eigenvalue weighted by molar-refractivity contribution is -0.161. The Balaban J connectivity index is 5.39. The molecule has 0 aliphatic rings. The highest BCUT2D eigenvalue weighted by Gasteiger charge is 2.30. The van der Waals surface area contributed by atoms with Gasteiger partial charge in [0, 0.05) is 25.7 Å². The van der Waals surface area contributed by atoms with Crippen molar-refractivity contribution in [3.63, 3.8) is 0 Å². The van der Waals surface area contributed by atoms with E-state index in [0.717, 1.165) is 199 Å². The molecule has 0 aromatic rings. The molecule has 17 nitrogen and oxygen atoms in total. The Hall–Kier alpha value is -4.54. The number of carbonyl (C=O) groups is 4. The van der Waals surface area contributed by atoms with Gasteiger partial charge in [-0.1, -0.05) is 246 Å². The number of hydrogen-bond donors (Lipinski definition) is 3. The largest absolute Gasteiger partial charge is 0.472 e. The van der Waals surface area contributed by atoms with Crippen molar-refractivity contribution in [1.29, 1.82) is 0 Å². The fourth-order valence-electron chi connectivity index (χ4n) is 9.67. The summed E-state index contributed by atoms with van der Waals surface area (Å²) in [7, 11) is -9.97. The number of hydrogen-bond acceptors (Lipinski definition) is 15. The maximum absolute atomic E-state index is 13.1. The van der Waals surface area contributed by atoms with E-state index in [1.165, 1.54) is 19.3 Å². The van der Waals surface area contributed by atoms with Crippen molar-refractivity contribution < 1.29 is 80.2 Å². The molecule has 3 N–H and O–H groups in total. The van der Waals surface area contributed by atoms with Crippen LogP contribution in [0.4, 0.5) is 0 Å². The van der Waals surface area contributed by atoms with E-state index in [4.69, 9.17) is 37.0 Å². The molecule has 0 aliphatic heterocycles. The first-order chi connectivity index (χ1) is 47.7. The molecule has 0 radical (unpaired) electrons. The number of aliphatic hydroxyl groups excluding tert-OH is 1. The summed E-state index contributed by atoms with van der Waals surface area (Å²) in [6, 6.07) is 0. The number of allylic oxidation sites excluding steroid dienone is 20. The molecule has 0 aliphatic carbocycles. The summed E-state index contributed by atoms with van der Waals surface area (Å²) in [6.45, 7) is 4.48. The van der Waals surface area contributed by atoms with Crippen LogP contribution in [-0.4, -0.2) is 96.7 Å². The second kappa shape index (κ2) is 70.9. The van der Waals surface area contributed by atoms with Gasteiger partial charge in [-0.25, -0.2) is 9.13 Å². The number of unbranched alkanes of at least 4 members (excludes halogenated alkanes) is 24. The van der Waals surface area contributed by atoms with Gasteiger partial charge in [0.1, 0.15) is 19.3 Å². The maximum Gasteiger partial charge on any atom is 0.472 e. The molecule has 0 spiro atoms. The Morgan fingerprint density at radius 3 is 0.857 bits per heavy atom. The number of rotatable bonds is 70. The first-order valence-corrected chi connectivity index (χ1v) is 40.8. The molecule has 19 heteroatoms. The zero-order valence-electron chi connectivity index (χ0n) is 61.2. The van der Waals surface area contributed by atoms with Gasteiger partial charge in [0.15, 0.2) is 12.2 Å². The van der Waals surface area contributed by atoms with Gasteiger partial charge in [0.2, 0.25) is 0 Å². The number of carbonyl (C=O) groups excluding carboxylic acids is 4. The van der Waals surface area contributed by atoms with Crippen molar-refractivity contribution in [3.05, 3.63) is 122 Å². The van der Waals surface area contributed by atoms with Crippen LogP contribution >= 0.6 is 15.6 Å². The predicted molar refractivity (Wildman–Crippen MR) is 399 cm³/mol. The van der Waals surface area contributed by atoms with E-state index in [2.05, 4.69) is 149 Å². The monoisotopic (exact) mass is 1420 g/mol. The van der Waals surface area contributed by atoms with E-state index < -0.39 is 97.5 Å². The average Bonchev–Trinajstić information content (AvgIpc) is 0.959. The summed E-state index contributed by atoms with van der Waals surface area (Å²) in [5, 5.41) is 10.6. The molecule has 0 heterocycles. The highest BCUT2D eigenvalue weighted by Crippen LogP contribution is 2.45. The Labute approximate surface area is 593 Å². The quantitative estimate of drug-likeness (QED) is 0.0169. The number of phosphoric ester groups is 2. The van der Waals surface area contributed by atoms with Gasteiger partial charge in [0.25, 0.3) is 0 Å². The molecule has 0 fully saturated rings. The summed E-state index contributed by atoms with van der Waals surface area (Å²) in [6.07, 6.45) is 76.2. The number of ether oxygens (including phenoxy) is 4. The van der Waals surface area contributed by atoms with Crippen LogP contribution in [0.15, 0.2) is 122 Å². The lowest BCUT2D eigenvalue weighted by Gasteiger charge is -2.21. The molecule has 0 saturated carbocycles. The van der Waals surface area contributed by atoms with Crippen LogP contribution in [0.25, 0.3) is 0 Å². The van der Waals surface area contributed by atoms with Crippen LogP contribution in [0.3, 0.4) is 0 Å². The lowest BCUT2D eigenvalue weighted by Crippen LogP contribution is -2.30. The van der Waals surface area contributed by atoms with E-state index in [9.17, 15) is 43.2 Å². The Morgan fingerprint density at radius 1 is 0.296 bits per heavy atom. The molecule has 0 bridgehead atoms. The molecule has 5 unspecified atom stereocenters. The molecular weight excluding hydrogens is 1280 g/mol. The van der Waals surface area contributed by atoms with E-state index in [-0.39, 0.29) is 25.7 Å². The van der Waals surface area contributed by atoms with Gasteiger partial charge in [-0.15, -0.1) is 0 Å². The molecule has 5 atom stereocenters. The summed E-state index contributed by atoms with van der Waals surface area (Å²) in [5.41, 5.74) is 0. The minimum atomic E-state index is -4.98. The van der Waals surface area contributed by atoms with Crippen LogP contribution in [0.1, 0.15) is 297 Å². The normalized spacial score (nSPS) is 14.6. The van der Waals surface area contributed by atoms with E-state index >= 15 is 0 Å². The van der Waals surface area contributed by atoms with Crippen LogP contribution in [0.2, 0.25) is 0 Å². The second-order valence-corrected chi connectivity index (χ2v) is 27.7. The minimum absolute atomic E-state index is 0.0721. The van der Waals surface area contributed by atoms with E-state index in [1.807, 2.05) is 0 Å². The van der Waals surface area contributed by atoms with Gasteiger partial charge in [0.05, 0.1) is 26.4 Å². The summed E-state index contributed by atoms with van der Waals surface area (Å²) in [5.74, 6) is -2.24. The number of aliphatic hydroxyl groups is 1. The summed E-state index contributed by atoms with van der Waals surface area (Å²) in [4.78, 5) is 72.8. The third kappa shape index (κ3) is 69.9. The summed E-state index contributed by atoms with van der Waals surface area (Å²) < 4.78 is 68.4. The van der Waals surface area contributed by atoms with Crippen molar-refractivity contribution >= 4 is 39.5 Å². The fourth-order valence-corrected chi connectivity index (χ4v) is 11.2. The molecule has 98 heavy (non-hydrogen) atoms. The van der Waals surface area contributed by atoms with Crippen LogP contribution in [-0.2, 0) is 65.4 Å². The topological polar surface area (TPSA) is 237 Å². The van der Waals surface area contributed by atoms with Gasteiger partial charge < -0.3 is 33.8 Å². The van der Waals surface area contributed by atoms with Gasteiger partial charge >= 0.3 is 39.5 Å². The molecule has 562 valence electrons. The molecule has 0 aromatic heterocycles. The average molecular weight is 1420 g/mol. The highest BCUT2D eigenvalue weighted by atomic mass is 31.2. The first kappa shape index (κ1) is 93.5. The van der Waals surface area contributed by atoms with Crippen molar-refractivity contribution in [2.75, 3.05) is 39.6 Å². The van der Waals surface area contributed by atoms with Crippen molar-refractivity contribution in [2.24, 2.45) is 0 Å². The third-order valence-corrected chi connectivity index (χ3v) is 17.3. The van der Waals surface area contributed by atoms with Crippen LogP contribution in [0, 0.1) is 0 Å². The molecular formula is C79H134O17P2. The number of phosphoric acid groups is 2. The van der Waals surface area contributed by atoms with Gasteiger partial charge in [-0.05, 0) is 148 Å². The van der Waals surface area contributed by atoms with E-state index in [1.54, 1.807) is 0 Å². The Bertz CT molecular complexity index is 2340. The van der Waals surface area contributed by atoms with Gasteiger partial charge in [-0.2, -0.15) is 0 Å². The molecule has 0 aromatic carbocycles. The molecule has 0 amide bonds. The van der Waals surface area contributed by atoms with Crippen molar-refractivity contribution in [3.8, 4) is 0 Å². The smallest absolute Gasteiger partial charge is 0.462 e. The fraction of sp³-hybridized carbons (Fsp3) is 0.696. The van der Waals surface area contributed by atoms with E-state index in [0.29, 0.717) is 25.7 Å². The maximum atomic E-state index is 13.1. The highest BCUT2D eigenvalue weighted by molar-refractivity contribution is 7.47. The minimum Gasteiger partial charge on any atom is -0.462 e. The zero-order chi connectivity index (χ0) is 71.8. The van der Waals surface area contributed by atoms with Crippen molar-refractivity contribution in [1.82, 2.24) is 0 Å². The molecule has 0 rings (SSSR count). The third-order valence-electron chi connectivity index (χ3n) is 15.4. The Morgan fingerprint density at radius 2 is 0.551 bits per heavy atom. The van der Waals surface area contributed by atoms with Crippen molar-refractivity contribution in [2.45, 2.75) is 316 Å². The Kier molecular flexibility index (Phi) is 67.6. The predicted octanol–water partition coefficient (Wildman–Crippen LogP) is 21.6. The van der Waals surface area contributed by atoms with Crippen LogP contribution in [0.5, 0.6) is 0 Å². The van der Waals surface area contributed by atoms with Gasteiger partial charge in [-0.3, -0.25) is 37.3 Å². The first-order valence-electron chi connectivity index (χ1n) is 37.8. The lowest BCUT2D eigenvalue weighted by atomic mass is 10.1. The SMILES string of the molecule is CC/C=C\C/C=C\C/C=C\CCCCCCCC(=O)OCC(COP(=O)(O)OCC(O)COP(=O)(O)OCC(COC(=O)CCCCCCC/C=C\C/C=C\C/C=C\CC)OC(=O)CCCCCCC/C=C\C/C=C\CCCCC)OC(=O)CCCCCCC/C=C\C/C=C\CCC. The zero-order valence-corrected chi connectivity index (χ0v) is 63.0. The summed E-state index contributed by atoms with van der Waals surface area (Å²) >= 11 is 0. The van der Waals surface area contributed by atoms with Crippen LogP contribution < -0.4 is 0 Å². The second-order valence-electron chi connectivity index (χ2n) is 24.8. The molecule has 0 saturated heterocycles. The number of esters is 4. The standard InChI is InChI=1S/C79H134O17P2/c1-5-9-13-17-21-25-29-33-36-40-43-47-51-55-59-63-76(81)89-69-74(95-78(83)65-61-57-53-49-45-39-32-28-24-20-16-12-8-4)71-93-97(85,86)91-67-73(80)68-92-98(87,88)94-72-75(96-79(84)66-62-58-54-50-46-42-38-35-31-27-23-19-15-11-7-3)70-90-77(82)64-60-56-52-48-44-41-37-34-30-26-22-18-14-10-6-2/h9-10,13-14,16,20-23,25-28,32-38,73-75,80H,5-8,11-12,15,17-19,24,29-31,39-72H2,1-4H3,(H,85,86)(H,87,88)/b13-9-,14-10-,20-16-,25-21-,26-22-,27-23-,32-28-,36-33-,37-34-,38-35-.